The first-order valence-electron chi connectivity index (χ1n) is 16.1. The maximum atomic E-state index is 13.5. The molecule has 3 aliphatic rings. The Labute approximate surface area is 279 Å². The standard InChI is InChI=1S/C31H30BrNO.C10H6N2/c1-31(2)14-6-9-24-25-11-10-22-17-23(18-27(32)29(22)30(25)28(34)19-26(24)31)33-15-12-21(13-16-33)20-7-4-3-5-8-20;11-6-8-5-9-3-1-2-4-10(9)12-7-8/h3-11,17-18,21H,12-16,19H2,1-2H3;1-5,7H. The highest BCUT2D eigenvalue weighted by atomic mass is 79.9. The molecule has 228 valence electrons. The van der Waals surface area contributed by atoms with Crippen LogP contribution < -0.4 is 4.90 Å². The molecule has 5 aromatic rings. The van der Waals surface area contributed by atoms with Crippen molar-refractivity contribution in [1.82, 2.24) is 4.98 Å². The van der Waals surface area contributed by atoms with Gasteiger partial charge in [-0.3, -0.25) is 9.78 Å². The second-order valence-corrected chi connectivity index (χ2v) is 14.1. The van der Waals surface area contributed by atoms with Crippen molar-refractivity contribution in [2.24, 2.45) is 5.41 Å². The molecule has 0 unspecified atom stereocenters. The third kappa shape index (κ3) is 5.67. The molecule has 0 atom stereocenters. The minimum absolute atomic E-state index is 0.0410. The van der Waals surface area contributed by atoms with E-state index >= 15 is 0 Å². The predicted octanol–water partition coefficient (Wildman–Crippen LogP) is 10.4. The van der Waals surface area contributed by atoms with Gasteiger partial charge in [-0.2, -0.15) is 5.26 Å². The third-order valence-corrected chi connectivity index (χ3v) is 10.5. The normalized spacial score (nSPS) is 17.3. The monoisotopic (exact) mass is 665 g/mol. The number of carbonyl (C=O) groups excluding carboxylic acids is 1. The van der Waals surface area contributed by atoms with E-state index in [-0.39, 0.29) is 11.2 Å². The summed E-state index contributed by atoms with van der Waals surface area (Å²) in [5.41, 5.74) is 8.81. The Kier molecular flexibility index (Phi) is 8.09. The van der Waals surface area contributed by atoms with Gasteiger partial charge in [-0.15, -0.1) is 0 Å². The van der Waals surface area contributed by atoms with Crippen LogP contribution in [0.5, 0.6) is 0 Å². The van der Waals surface area contributed by atoms with Gasteiger partial charge in [-0.25, -0.2) is 0 Å². The van der Waals surface area contributed by atoms with Crippen molar-refractivity contribution in [2.45, 2.75) is 45.4 Å². The lowest BCUT2D eigenvalue weighted by Crippen LogP contribution is -2.32. The van der Waals surface area contributed by atoms with E-state index in [0.29, 0.717) is 17.9 Å². The number of piperidine rings is 1. The number of allylic oxidation sites excluding steroid dienone is 4. The lowest BCUT2D eigenvalue weighted by molar-refractivity contribution is 0.0985. The zero-order chi connectivity index (χ0) is 31.8. The number of Topliss-reactive ketones (excluding diaryl/α,β-unsaturated/α-hetero) is 1. The van der Waals surface area contributed by atoms with E-state index in [1.807, 2.05) is 30.3 Å². The molecule has 46 heavy (non-hydrogen) atoms. The van der Waals surface area contributed by atoms with Crippen LogP contribution in [0, 0.1) is 16.7 Å². The highest BCUT2D eigenvalue weighted by molar-refractivity contribution is 9.10. The lowest BCUT2D eigenvalue weighted by Gasteiger charge is -2.36. The molecule has 0 radical (unpaired) electrons. The summed E-state index contributed by atoms with van der Waals surface area (Å²) in [7, 11) is 0. The van der Waals surface area contributed by atoms with E-state index in [4.69, 9.17) is 5.26 Å². The fourth-order valence-electron chi connectivity index (χ4n) is 7.32. The summed E-state index contributed by atoms with van der Waals surface area (Å²) >= 11 is 3.87. The first-order chi connectivity index (χ1) is 22.3. The van der Waals surface area contributed by atoms with Crippen LogP contribution in [0.2, 0.25) is 0 Å². The molecule has 1 aliphatic heterocycles. The molecule has 4 aromatic carbocycles. The highest BCUT2D eigenvalue weighted by Gasteiger charge is 2.35. The molecule has 8 rings (SSSR count). The number of nitrogens with zero attached hydrogens (tertiary/aromatic N) is 3. The number of aromatic nitrogens is 1. The van der Waals surface area contributed by atoms with E-state index in [1.165, 1.54) is 35.2 Å². The number of hydrogen-bond acceptors (Lipinski definition) is 4. The average molecular weight is 667 g/mol. The molecule has 0 N–H and O–H groups in total. The second kappa shape index (κ2) is 12.3. The topological polar surface area (TPSA) is 57.0 Å². The van der Waals surface area contributed by atoms with Gasteiger partial charge < -0.3 is 4.90 Å². The number of carbonyl (C=O) groups is 1. The zero-order valence-electron chi connectivity index (χ0n) is 26.3. The van der Waals surface area contributed by atoms with Crippen LogP contribution in [0.25, 0.3) is 27.2 Å². The van der Waals surface area contributed by atoms with Gasteiger partial charge >= 0.3 is 0 Å². The van der Waals surface area contributed by atoms with Gasteiger partial charge in [0.2, 0.25) is 0 Å². The summed E-state index contributed by atoms with van der Waals surface area (Å²) in [6, 6.07) is 31.4. The van der Waals surface area contributed by atoms with Crippen LogP contribution in [0.15, 0.2) is 113 Å². The number of halogens is 1. The molecular weight excluding hydrogens is 630 g/mol. The summed E-state index contributed by atoms with van der Waals surface area (Å²) in [5, 5.41) is 11.8. The minimum Gasteiger partial charge on any atom is -0.371 e. The molecule has 4 nitrogen and oxygen atoms in total. The van der Waals surface area contributed by atoms with Crippen LogP contribution in [-0.4, -0.2) is 23.9 Å². The van der Waals surface area contributed by atoms with Gasteiger partial charge in [0.15, 0.2) is 5.78 Å². The van der Waals surface area contributed by atoms with Crippen molar-refractivity contribution in [3.63, 3.8) is 0 Å². The molecule has 0 bridgehead atoms. The first kappa shape index (κ1) is 30.1. The van der Waals surface area contributed by atoms with Crippen molar-refractivity contribution < 1.29 is 4.79 Å². The minimum atomic E-state index is 0.0410. The molecular formula is C41H36BrN3O. The maximum Gasteiger partial charge on any atom is 0.168 e. The molecule has 0 saturated carbocycles. The molecule has 0 amide bonds. The van der Waals surface area contributed by atoms with Crippen molar-refractivity contribution in [3.8, 4) is 6.07 Å². The van der Waals surface area contributed by atoms with Crippen molar-refractivity contribution in [3.05, 3.63) is 136 Å². The first-order valence-corrected chi connectivity index (χ1v) is 16.9. The Balaban J connectivity index is 0.000000236. The molecule has 2 heterocycles. The van der Waals surface area contributed by atoms with Gasteiger partial charge in [0.05, 0.1) is 11.1 Å². The smallest absolute Gasteiger partial charge is 0.168 e. The molecule has 0 spiro atoms. The Morgan fingerprint density at radius 3 is 2.48 bits per heavy atom. The predicted molar refractivity (Wildman–Crippen MR) is 192 cm³/mol. The summed E-state index contributed by atoms with van der Waals surface area (Å²) in [6.07, 6.45) is 9.94. The number of pyridine rings is 1. The molecule has 1 fully saturated rings. The molecule has 5 heteroatoms. The Hall–Kier alpha value is -4.53. The quantitative estimate of drug-likeness (QED) is 0.188. The van der Waals surface area contributed by atoms with Gasteiger partial charge in [-0.1, -0.05) is 103 Å². The van der Waals surface area contributed by atoms with Crippen molar-refractivity contribution in [1.29, 1.82) is 5.26 Å². The van der Waals surface area contributed by atoms with Gasteiger partial charge in [0.1, 0.15) is 6.07 Å². The number of para-hydroxylation sites is 1. The zero-order valence-corrected chi connectivity index (χ0v) is 27.8. The third-order valence-electron chi connectivity index (χ3n) is 9.87. The Bertz CT molecular complexity index is 2080. The summed E-state index contributed by atoms with van der Waals surface area (Å²) in [6.45, 7) is 6.62. The number of ketones is 1. The van der Waals surface area contributed by atoms with Gasteiger partial charge in [0, 0.05) is 52.2 Å². The van der Waals surface area contributed by atoms with Crippen molar-refractivity contribution >= 4 is 54.6 Å². The number of fused-ring (bicyclic) bond motifs is 5. The number of hydrogen-bond donors (Lipinski definition) is 0. The molecule has 1 aromatic heterocycles. The van der Waals surface area contributed by atoms with Crippen LogP contribution in [-0.2, 0) is 0 Å². The van der Waals surface area contributed by atoms with Gasteiger partial charge in [0.25, 0.3) is 0 Å². The maximum absolute atomic E-state index is 13.5. The van der Waals surface area contributed by atoms with E-state index < -0.39 is 0 Å². The number of benzene rings is 4. The van der Waals surface area contributed by atoms with Crippen LogP contribution in [0.1, 0.15) is 72.5 Å². The fourth-order valence-corrected chi connectivity index (χ4v) is 7.98. The average Bonchev–Trinajstić information content (AvgIpc) is 3.09. The Morgan fingerprint density at radius 2 is 1.70 bits per heavy atom. The van der Waals surface area contributed by atoms with Crippen LogP contribution >= 0.6 is 15.9 Å². The van der Waals surface area contributed by atoms with E-state index in [0.717, 1.165) is 56.8 Å². The van der Waals surface area contributed by atoms with E-state index in [1.54, 1.807) is 6.20 Å². The Morgan fingerprint density at radius 1 is 0.935 bits per heavy atom. The largest absolute Gasteiger partial charge is 0.371 e. The van der Waals surface area contributed by atoms with Gasteiger partial charge in [-0.05, 0) is 82.5 Å². The summed E-state index contributed by atoms with van der Waals surface area (Å²) in [4.78, 5) is 20.1. The SMILES string of the molecule is CC1(C)CC=CC2=C1CC(=O)c1c2ccc2cc(N3CCC(c4ccccc4)CC3)cc(Br)c12.N#Cc1cnc2ccccc2c1. The summed E-state index contributed by atoms with van der Waals surface area (Å²) < 4.78 is 1.03. The van der Waals surface area contributed by atoms with Crippen LogP contribution in [0.4, 0.5) is 5.69 Å². The van der Waals surface area contributed by atoms with Crippen LogP contribution in [0.3, 0.4) is 0 Å². The highest BCUT2D eigenvalue weighted by Crippen LogP contribution is 2.48. The molecule has 2 aliphatic carbocycles. The molecule has 1 saturated heterocycles. The fraction of sp³-hybridized carbons (Fsp3) is 0.244. The number of nitriles is 1. The lowest BCUT2D eigenvalue weighted by atomic mass is 9.68. The number of anilines is 1. The number of rotatable bonds is 2. The van der Waals surface area contributed by atoms with Crippen molar-refractivity contribution in [2.75, 3.05) is 18.0 Å². The van der Waals surface area contributed by atoms with E-state index in [9.17, 15) is 4.79 Å². The van der Waals surface area contributed by atoms with E-state index in [2.05, 4.69) is 112 Å². The summed E-state index contributed by atoms with van der Waals surface area (Å²) in [5.74, 6) is 0.890. The second-order valence-electron chi connectivity index (χ2n) is 13.2.